The zero-order valence-corrected chi connectivity index (χ0v) is 16.9. The number of rotatable bonds is 6. The van der Waals surface area contributed by atoms with Crippen LogP contribution < -0.4 is 0 Å². The van der Waals surface area contributed by atoms with E-state index >= 15 is 0 Å². The van der Waals surface area contributed by atoms with E-state index in [2.05, 4.69) is 43.1 Å². The molecule has 28 heavy (non-hydrogen) atoms. The summed E-state index contributed by atoms with van der Waals surface area (Å²) in [6.45, 7) is 5.40. The molecule has 2 aromatic heterocycles. The van der Waals surface area contributed by atoms with Gasteiger partial charge in [-0.1, -0.05) is 44.2 Å². The van der Waals surface area contributed by atoms with Crippen LogP contribution in [0.15, 0.2) is 65.5 Å². The van der Waals surface area contributed by atoms with Crippen molar-refractivity contribution < 1.29 is 9.84 Å². The summed E-state index contributed by atoms with van der Waals surface area (Å²) < 4.78 is 6.02. The number of phenolic OH excluding ortho intramolecular Hbond substituents is 1. The number of phenols is 1. The molecule has 0 saturated carbocycles. The minimum Gasteiger partial charge on any atom is -0.505 e. The molecule has 142 valence electrons. The van der Waals surface area contributed by atoms with Crippen LogP contribution in [0, 0.1) is 0 Å². The summed E-state index contributed by atoms with van der Waals surface area (Å²) in [5.74, 6) is 0.753. The van der Waals surface area contributed by atoms with Crippen molar-refractivity contribution in [3.63, 3.8) is 0 Å². The second-order valence-corrected chi connectivity index (χ2v) is 8.01. The molecule has 0 aliphatic heterocycles. The Balaban J connectivity index is 1.58. The lowest BCUT2D eigenvalue weighted by atomic mass is 10.00. The molecule has 0 unspecified atom stereocenters. The summed E-state index contributed by atoms with van der Waals surface area (Å²) >= 11 is 1.61. The molecule has 2 aromatic carbocycles. The Morgan fingerprint density at radius 1 is 1.07 bits per heavy atom. The van der Waals surface area contributed by atoms with Crippen LogP contribution in [-0.2, 0) is 18.0 Å². The molecular formula is C24H23NO2S. The van der Waals surface area contributed by atoms with Crippen LogP contribution in [0.4, 0.5) is 0 Å². The van der Waals surface area contributed by atoms with Crippen LogP contribution in [0.5, 0.6) is 5.75 Å². The van der Waals surface area contributed by atoms with E-state index in [9.17, 15) is 5.11 Å². The van der Waals surface area contributed by atoms with Crippen molar-refractivity contribution in [3.8, 4) is 16.9 Å². The molecule has 0 atom stereocenters. The summed E-state index contributed by atoms with van der Waals surface area (Å²) in [5.41, 5.74) is 5.93. The average Bonchev–Trinajstić information content (AvgIpc) is 3.25. The molecule has 4 heteroatoms. The molecule has 0 saturated heterocycles. The van der Waals surface area contributed by atoms with E-state index in [1.807, 2.05) is 35.0 Å². The number of ether oxygens (including phenoxy) is 1. The third-order valence-electron chi connectivity index (χ3n) is 4.96. The smallest absolute Gasteiger partial charge is 0.149 e. The maximum Gasteiger partial charge on any atom is 0.149 e. The summed E-state index contributed by atoms with van der Waals surface area (Å²) in [5, 5.41) is 15.7. The van der Waals surface area contributed by atoms with Gasteiger partial charge in [-0.3, -0.25) is 4.98 Å². The number of aromatic nitrogens is 1. The Bertz CT molecular complexity index is 1070. The van der Waals surface area contributed by atoms with Crippen molar-refractivity contribution in [2.75, 3.05) is 0 Å². The number of pyridine rings is 1. The number of thiophene rings is 1. The first-order valence-corrected chi connectivity index (χ1v) is 10.4. The monoisotopic (exact) mass is 389 g/mol. The number of nitrogens with zero attached hydrogens (tertiary/aromatic N) is 1. The Hall–Kier alpha value is -2.69. The fourth-order valence-electron chi connectivity index (χ4n) is 3.34. The Kier molecular flexibility index (Phi) is 5.42. The summed E-state index contributed by atoms with van der Waals surface area (Å²) in [7, 11) is 0. The van der Waals surface area contributed by atoms with Gasteiger partial charge in [0.05, 0.1) is 13.2 Å². The van der Waals surface area contributed by atoms with Crippen molar-refractivity contribution in [2.45, 2.75) is 33.0 Å². The highest BCUT2D eigenvalue weighted by Crippen LogP contribution is 2.38. The number of benzene rings is 2. The standard InChI is InChI=1S/C24H23NO2S/c1-16(2)18-7-5-17(6-8-18)13-27-14-20-12-22(19-9-11-28-15-19)24(26)23-21(20)4-3-10-25-23/h3-12,15-16,26H,13-14H2,1-2H3. The van der Waals surface area contributed by atoms with E-state index in [0.29, 0.717) is 24.6 Å². The van der Waals surface area contributed by atoms with Gasteiger partial charge in [0.2, 0.25) is 0 Å². The van der Waals surface area contributed by atoms with Gasteiger partial charge < -0.3 is 9.84 Å². The average molecular weight is 390 g/mol. The van der Waals surface area contributed by atoms with Gasteiger partial charge in [0, 0.05) is 17.1 Å². The fraction of sp³-hybridized carbons (Fsp3) is 0.208. The molecule has 0 aliphatic rings. The third kappa shape index (κ3) is 3.79. The number of hydrogen-bond donors (Lipinski definition) is 1. The lowest BCUT2D eigenvalue weighted by Crippen LogP contribution is -1.97. The molecule has 3 nitrogen and oxygen atoms in total. The van der Waals surface area contributed by atoms with Crippen LogP contribution in [0.25, 0.3) is 22.0 Å². The van der Waals surface area contributed by atoms with Gasteiger partial charge in [-0.05, 0) is 57.1 Å². The number of aromatic hydroxyl groups is 1. The molecular weight excluding hydrogens is 366 g/mol. The first-order valence-electron chi connectivity index (χ1n) is 9.42. The van der Waals surface area contributed by atoms with Gasteiger partial charge in [-0.2, -0.15) is 11.3 Å². The normalized spacial score (nSPS) is 11.4. The van der Waals surface area contributed by atoms with Crippen LogP contribution >= 0.6 is 11.3 Å². The van der Waals surface area contributed by atoms with Gasteiger partial charge in [-0.15, -0.1) is 0 Å². The maximum atomic E-state index is 10.7. The van der Waals surface area contributed by atoms with E-state index in [-0.39, 0.29) is 5.75 Å². The molecule has 4 rings (SSSR count). The minimum atomic E-state index is 0.224. The number of fused-ring (bicyclic) bond motifs is 1. The van der Waals surface area contributed by atoms with Gasteiger partial charge in [0.1, 0.15) is 11.3 Å². The first-order chi connectivity index (χ1) is 13.6. The molecule has 0 radical (unpaired) electrons. The highest BCUT2D eigenvalue weighted by atomic mass is 32.1. The van der Waals surface area contributed by atoms with Crippen molar-refractivity contribution in [3.05, 3.63) is 82.2 Å². The zero-order valence-electron chi connectivity index (χ0n) is 16.1. The Labute approximate surface area is 169 Å². The van der Waals surface area contributed by atoms with Crippen LogP contribution in [0.2, 0.25) is 0 Å². The summed E-state index contributed by atoms with van der Waals surface area (Å²) in [4.78, 5) is 4.40. The van der Waals surface area contributed by atoms with Crippen molar-refractivity contribution in [2.24, 2.45) is 0 Å². The van der Waals surface area contributed by atoms with Crippen molar-refractivity contribution in [1.82, 2.24) is 4.98 Å². The maximum absolute atomic E-state index is 10.7. The molecule has 1 N–H and O–H groups in total. The first kappa shape index (κ1) is 18.7. The third-order valence-corrected chi connectivity index (χ3v) is 5.64. The molecule has 2 heterocycles. The van der Waals surface area contributed by atoms with E-state index in [4.69, 9.17) is 4.74 Å². The highest BCUT2D eigenvalue weighted by molar-refractivity contribution is 7.08. The second kappa shape index (κ2) is 8.13. The van der Waals surface area contributed by atoms with E-state index in [1.165, 1.54) is 5.56 Å². The van der Waals surface area contributed by atoms with Gasteiger partial charge >= 0.3 is 0 Å². The van der Waals surface area contributed by atoms with E-state index < -0.39 is 0 Å². The zero-order chi connectivity index (χ0) is 19.5. The summed E-state index contributed by atoms with van der Waals surface area (Å²) in [6.07, 6.45) is 1.71. The molecule has 0 fully saturated rings. The van der Waals surface area contributed by atoms with Gasteiger partial charge in [0.25, 0.3) is 0 Å². The van der Waals surface area contributed by atoms with Crippen molar-refractivity contribution >= 4 is 22.2 Å². The molecule has 0 bridgehead atoms. The predicted molar refractivity (Wildman–Crippen MR) is 116 cm³/mol. The lowest BCUT2D eigenvalue weighted by molar-refractivity contribution is 0.108. The van der Waals surface area contributed by atoms with Crippen LogP contribution in [0.3, 0.4) is 0 Å². The summed E-state index contributed by atoms with van der Waals surface area (Å²) in [6, 6.07) is 16.5. The predicted octanol–water partition coefficient (Wildman–Crippen LogP) is 6.51. The SMILES string of the molecule is CC(C)c1ccc(COCc2cc(-c3ccsc3)c(O)c3ncccc23)cc1. The highest BCUT2D eigenvalue weighted by Gasteiger charge is 2.14. The minimum absolute atomic E-state index is 0.224. The lowest BCUT2D eigenvalue weighted by Gasteiger charge is -2.13. The van der Waals surface area contributed by atoms with E-state index in [1.54, 1.807) is 17.5 Å². The van der Waals surface area contributed by atoms with Crippen molar-refractivity contribution in [1.29, 1.82) is 0 Å². The molecule has 0 aliphatic carbocycles. The largest absolute Gasteiger partial charge is 0.505 e. The Morgan fingerprint density at radius 3 is 2.61 bits per heavy atom. The van der Waals surface area contributed by atoms with Gasteiger partial charge in [0.15, 0.2) is 0 Å². The van der Waals surface area contributed by atoms with E-state index in [0.717, 1.165) is 27.6 Å². The quantitative estimate of drug-likeness (QED) is 0.409. The topological polar surface area (TPSA) is 42.4 Å². The Morgan fingerprint density at radius 2 is 1.89 bits per heavy atom. The van der Waals surface area contributed by atoms with Crippen LogP contribution in [0.1, 0.15) is 36.5 Å². The second-order valence-electron chi connectivity index (χ2n) is 7.23. The number of hydrogen-bond acceptors (Lipinski definition) is 4. The molecule has 4 aromatic rings. The molecule has 0 spiro atoms. The van der Waals surface area contributed by atoms with Crippen LogP contribution in [-0.4, -0.2) is 10.1 Å². The van der Waals surface area contributed by atoms with Gasteiger partial charge in [-0.25, -0.2) is 0 Å². The molecule has 0 amide bonds. The fourth-order valence-corrected chi connectivity index (χ4v) is 3.99.